The first kappa shape index (κ1) is 14.8. The molecule has 0 aromatic heterocycles. The molecule has 0 unspecified atom stereocenters. The van der Waals surface area contributed by atoms with Crippen LogP contribution >= 0.6 is 0 Å². The second-order valence-electron chi connectivity index (χ2n) is 6.18. The summed E-state index contributed by atoms with van der Waals surface area (Å²) in [5.41, 5.74) is 1.36. The molecule has 0 aliphatic carbocycles. The first-order valence-corrected chi connectivity index (χ1v) is 8.11. The lowest BCUT2D eigenvalue weighted by Crippen LogP contribution is -2.48. The standard InChI is InChI=1S/C17H26N2O2/c20-11-10-18-6-8-19(9-7-18)14-15-5-12-21-17-4-2-1-3-16(17)13-15/h1-4,15,20H,5-14H2/t15-/m0/s1. The minimum absolute atomic E-state index is 0.275. The van der Waals surface area contributed by atoms with Crippen molar-refractivity contribution in [3.05, 3.63) is 29.8 Å². The summed E-state index contributed by atoms with van der Waals surface area (Å²) in [4.78, 5) is 4.93. The molecule has 1 aromatic carbocycles. The molecule has 3 rings (SSSR count). The Kier molecular flexibility index (Phi) is 5.12. The number of hydrogen-bond acceptors (Lipinski definition) is 4. The van der Waals surface area contributed by atoms with Gasteiger partial charge in [-0.1, -0.05) is 18.2 Å². The number of β-amino-alcohol motifs (C(OH)–C–C–N with tert-alkyl or cyclic N) is 1. The number of piperazine rings is 1. The highest BCUT2D eigenvalue weighted by Crippen LogP contribution is 2.27. The van der Waals surface area contributed by atoms with E-state index in [1.54, 1.807) is 0 Å². The molecule has 116 valence electrons. The van der Waals surface area contributed by atoms with Gasteiger partial charge in [-0.15, -0.1) is 0 Å². The van der Waals surface area contributed by atoms with E-state index in [4.69, 9.17) is 9.84 Å². The van der Waals surface area contributed by atoms with Crippen molar-refractivity contribution in [1.29, 1.82) is 0 Å². The molecule has 0 spiro atoms. The number of benzene rings is 1. The summed E-state index contributed by atoms with van der Waals surface area (Å²) in [6.07, 6.45) is 2.28. The molecule has 0 amide bonds. The van der Waals surface area contributed by atoms with Gasteiger partial charge in [-0.3, -0.25) is 4.90 Å². The van der Waals surface area contributed by atoms with Gasteiger partial charge >= 0.3 is 0 Å². The number of para-hydroxylation sites is 1. The van der Waals surface area contributed by atoms with Crippen molar-refractivity contribution >= 4 is 0 Å². The van der Waals surface area contributed by atoms with Crippen LogP contribution in [0.3, 0.4) is 0 Å². The van der Waals surface area contributed by atoms with Crippen molar-refractivity contribution in [3.63, 3.8) is 0 Å². The zero-order valence-corrected chi connectivity index (χ0v) is 12.7. The Morgan fingerprint density at radius 1 is 1.10 bits per heavy atom. The van der Waals surface area contributed by atoms with Crippen LogP contribution in [0.15, 0.2) is 24.3 Å². The zero-order chi connectivity index (χ0) is 14.5. The maximum atomic E-state index is 9.00. The predicted molar refractivity (Wildman–Crippen MR) is 83.7 cm³/mol. The van der Waals surface area contributed by atoms with Gasteiger partial charge < -0.3 is 14.7 Å². The molecule has 1 aromatic rings. The number of aliphatic hydroxyl groups excluding tert-OH is 1. The third-order valence-corrected chi connectivity index (χ3v) is 4.66. The summed E-state index contributed by atoms with van der Waals surface area (Å²) >= 11 is 0. The van der Waals surface area contributed by atoms with Crippen molar-refractivity contribution in [2.24, 2.45) is 5.92 Å². The average molecular weight is 290 g/mol. The molecule has 2 aliphatic rings. The maximum Gasteiger partial charge on any atom is 0.122 e. The van der Waals surface area contributed by atoms with Crippen molar-refractivity contribution in [2.75, 3.05) is 52.5 Å². The molecule has 2 aliphatic heterocycles. The van der Waals surface area contributed by atoms with Crippen LogP contribution in [-0.4, -0.2) is 67.4 Å². The molecule has 1 N–H and O–H groups in total. The minimum atomic E-state index is 0.275. The predicted octanol–water partition coefficient (Wildman–Crippen LogP) is 1.24. The van der Waals surface area contributed by atoms with Crippen LogP contribution < -0.4 is 4.74 Å². The van der Waals surface area contributed by atoms with E-state index in [1.165, 1.54) is 12.1 Å². The molecule has 0 bridgehead atoms. The van der Waals surface area contributed by atoms with E-state index in [2.05, 4.69) is 34.1 Å². The Balaban J connectivity index is 1.52. The van der Waals surface area contributed by atoms with E-state index in [1.807, 2.05) is 0 Å². The van der Waals surface area contributed by atoms with Gasteiger partial charge in [0.15, 0.2) is 0 Å². The summed E-state index contributed by atoms with van der Waals surface area (Å²) in [6.45, 7) is 7.52. The molecule has 2 heterocycles. The van der Waals surface area contributed by atoms with E-state index in [-0.39, 0.29) is 6.61 Å². The summed E-state index contributed by atoms with van der Waals surface area (Å²) in [5.74, 6) is 1.77. The molecule has 1 saturated heterocycles. The fourth-order valence-corrected chi connectivity index (χ4v) is 3.42. The van der Waals surface area contributed by atoms with E-state index in [9.17, 15) is 0 Å². The Morgan fingerprint density at radius 3 is 2.67 bits per heavy atom. The van der Waals surface area contributed by atoms with Gasteiger partial charge in [0.25, 0.3) is 0 Å². The first-order valence-electron chi connectivity index (χ1n) is 8.11. The summed E-state index contributed by atoms with van der Waals surface area (Å²) in [7, 11) is 0. The fraction of sp³-hybridized carbons (Fsp3) is 0.647. The fourth-order valence-electron chi connectivity index (χ4n) is 3.42. The lowest BCUT2D eigenvalue weighted by molar-refractivity contribution is 0.0989. The molecule has 0 saturated carbocycles. The maximum absolute atomic E-state index is 9.00. The molecule has 4 heteroatoms. The molecular formula is C17H26N2O2. The number of hydrogen-bond donors (Lipinski definition) is 1. The van der Waals surface area contributed by atoms with Crippen LogP contribution in [0.1, 0.15) is 12.0 Å². The molecule has 1 atom stereocenters. The summed E-state index contributed by atoms with van der Waals surface area (Å²) in [5, 5.41) is 9.00. The Morgan fingerprint density at radius 2 is 1.86 bits per heavy atom. The summed E-state index contributed by atoms with van der Waals surface area (Å²) < 4.78 is 5.86. The van der Waals surface area contributed by atoms with Crippen LogP contribution in [0.25, 0.3) is 0 Å². The van der Waals surface area contributed by atoms with Crippen molar-refractivity contribution in [3.8, 4) is 5.75 Å². The lowest BCUT2D eigenvalue weighted by atomic mass is 9.96. The van der Waals surface area contributed by atoms with Gasteiger partial charge in [0.05, 0.1) is 13.2 Å². The largest absolute Gasteiger partial charge is 0.493 e. The Hall–Kier alpha value is -1.10. The SMILES string of the molecule is OCCN1CCN(C[C@H]2CCOc3ccccc3C2)CC1. The number of fused-ring (bicyclic) bond motifs is 1. The van der Waals surface area contributed by atoms with Gasteiger partial charge in [-0.25, -0.2) is 0 Å². The van der Waals surface area contributed by atoms with Gasteiger partial charge in [0, 0.05) is 39.3 Å². The number of ether oxygens (including phenoxy) is 1. The molecule has 21 heavy (non-hydrogen) atoms. The quantitative estimate of drug-likeness (QED) is 0.905. The van der Waals surface area contributed by atoms with Crippen molar-refractivity contribution in [2.45, 2.75) is 12.8 Å². The van der Waals surface area contributed by atoms with Crippen LogP contribution in [-0.2, 0) is 6.42 Å². The number of aliphatic hydroxyl groups is 1. The topological polar surface area (TPSA) is 35.9 Å². The monoisotopic (exact) mass is 290 g/mol. The third-order valence-electron chi connectivity index (χ3n) is 4.66. The smallest absolute Gasteiger partial charge is 0.122 e. The normalized spacial score (nSPS) is 24.1. The molecular weight excluding hydrogens is 264 g/mol. The molecule has 4 nitrogen and oxygen atoms in total. The van der Waals surface area contributed by atoms with Crippen molar-refractivity contribution < 1.29 is 9.84 Å². The van der Waals surface area contributed by atoms with Crippen LogP contribution in [0.4, 0.5) is 0 Å². The zero-order valence-electron chi connectivity index (χ0n) is 12.7. The first-order chi connectivity index (χ1) is 10.3. The number of nitrogens with zero attached hydrogens (tertiary/aromatic N) is 2. The lowest BCUT2D eigenvalue weighted by Gasteiger charge is -2.36. The van der Waals surface area contributed by atoms with Gasteiger partial charge in [-0.2, -0.15) is 0 Å². The average Bonchev–Trinajstić information content (AvgIpc) is 2.71. The Labute approximate surface area is 127 Å². The highest BCUT2D eigenvalue weighted by molar-refractivity contribution is 5.34. The second kappa shape index (κ2) is 7.25. The van der Waals surface area contributed by atoms with E-state index in [0.29, 0.717) is 5.92 Å². The van der Waals surface area contributed by atoms with Gasteiger partial charge in [0.1, 0.15) is 5.75 Å². The van der Waals surface area contributed by atoms with Gasteiger partial charge in [-0.05, 0) is 30.4 Å². The summed E-state index contributed by atoms with van der Waals surface area (Å²) in [6, 6.07) is 8.45. The van der Waals surface area contributed by atoms with E-state index < -0.39 is 0 Å². The van der Waals surface area contributed by atoms with Gasteiger partial charge in [0.2, 0.25) is 0 Å². The minimum Gasteiger partial charge on any atom is -0.493 e. The number of rotatable bonds is 4. The van der Waals surface area contributed by atoms with Crippen LogP contribution in [0, 0.1) is 5.92 Å². The third kappa shape index (κ3) is 3.96. The van der Waals surface area contributed by atoms with Crippen LogP contribution in [0.5, 0.6) is 5.75 Å². The second-order valence-corrected chi connectivity index (χ2v) is 6.18. The van der Waals surface area contributed by atoms with Crippen molar-refractivity contribution in [1.82, 2.24) is 9.80 Å². The molecule has 1 fully saturated rings. The van der Waals surface area contributed by atoms with Crippen LogP contribution in [0.2, 0.25) is 0 Å². The Bertz CT molecular complexity index is 444. The van der Waals surface area contributed by atoms with E-state index >= 15 is 0 Å². The molecule has 0 radical (unpaired) electrons. The van der Waals surface area contributed by atoms with E-state index in [0.717, 1.165) is 57.9 Å². The highest BCUT2D eigenvalue weighted by atomic mass is 16.5. The highest BCUT2D eigenvalue weighted by Gasteiger charge is 2.22.